The monoisotopic (exact) mass is 1120 g/mol. The van der Waals surface area contributed by atoms with E-state index in [4.69, 9.17) is 11.5 Å². The Kier molecular flexibility index (Phi) is 31.4. The fourth-order valence-corrected chi connectivity index (χ4v) is 7.87. The van der Waals surface area contributed by atoms with Crippen molar-refractivity contribution < 1.29 is 78.6 Å². The molecule has 0 bridgehead atoms. The minimum atomic E-state index is -1.88. The summed E-state index contributed by atoms with van der Waals surface area (Å²) in [4.78, 5) is 135. The van der Waals surface area contributed by atoms with Crippen molar-refractivity contribution in [2.75, 3.05) is 19.8 Å². The summed E-state index contributed by atoms with van der Waals surface area (Å²) in [5.74, 6) is -11.7. The van der Waals surface area contributed by atoms with Crippen LogP contribution >= 0.6 is 0 Å². The van der Waals surface area contributed by atoms with Crippen LogP contribution in [0.5, 0.6) is 5.75 Å². The third kappa shape index (κ3) is 23.8. The minimum absolute atomic E-state index is 0.0548. The van der Waals surface area contributed by atoms with Gasteiger partial charge in [-0.2, -0.15) is 0 Å². The predicted octanol–water partition coefficient (Wildman–Crippen LogP) is -3.62. The number of aliphatic carboxylic acids is 1. The number of phenolic OH excluding ortho intramolecular Hbond substituents is 1. The predicted molar refractivity (Wildman–Crippen MR) is 288 cm³/mol. The highest BCUT2D eigenvalue weighted by Crippen LogP contribution is 2.16. The number of rotatable bonds is 36. The van der Waals surface area contributed by atoms with Gasteiger partial charge in [0.05, 0.1) is 25.4 Å². The number of nitrogens with two attached hydrogens (primary N) is 2. The molecule has 0 unspecified atom stereocenters. The Hall–Kier alpha value is -6.52. The maximum Gasteiger partial charge on any atom is 0.326 e. The molecule has 0 radical (unpaired) electrons. The molecule has 1 aromatic rings. The van der Waals surface area contributed by atoms with Gasteiger partial charge in [-0.15, -0.1) is 0 Å². The molecular weight excluding hydrogens is 1030 g/mol. The number of nitrogens with one attached hydrogen (secondary N) is 9. The third-order valence-corrected chi connectivity index (χ3v) is 13.2. The highest BCUT2D eigenvalue weighted by molar-refractivity contribution is 5.99. The summed E-state index contributed by atoms with van der Waals surface area (Å²) in [6.45, 7) is 14.4. The summed E-state index contributed by atoms with van der Waals surface area (Å²) in [6.07, 6.45) is -2.12. The lowest BCUT2D eigenvalue weighted by Crippen LogP contribution is -2.63. The molecule has 0 aromatic heterocycles. The van der Waals surface area contributed by atoms with E-state index in [1.807, 2.05) is 13.8 Å². The van der Waals surface area contributed by atoms with Gasteiger partial charge in [-0.3, -0.25) is 43.2 Å². The number of aromatic hydroxyl groups is 1. The van der Waals surface area contributed by atoms with E-state index in [0.29, 0.717) is 24.8 Å². The average Bonchev–Trinajstić information content (AvgIpc) is 3.38. The normalized spacial score (nSPS) is 16.7. The van der Waals surface area contributed by atoms with Crippen LogP contribution in [0.2, 0.25) is 0 Å². The SMILES string of the molecule is CC[C@H](C)[C@H](NC(=O)[C@H](CCCCN)NC(=O)[C@H](CO)NC(=O)[C@@H](NC(=O)[C@H](Cc1ccc(O)cc1)NC(=O)[C@@H](NC(=O)[C@@H](N)CO)[C@@H](C)O)[C@@H](C)O)C(=O)N[C@H](C(=O)N[C@@H](CC(C)C)C(=O)N[C@H](C(=O)O)C(C)C)[C@@H](C)CC. The quantitative estimate of drug-likeness (QED) is 0.0288. The second kappa shape index (κ2) is 35.2. The molecule has 448 valence electrons. The fraction of sp³-hybridized carbons (Fsp3) is 0.692. The van der Waals surface area contributed by atoms with Crippen LogP contribution in [0.4, 0.5) is 0 Å². The number of phenols is 1. The molecule has 19 N–H and O–H groups in total. The summed E-state index contributed by atoms with van der Waals surface area (Å²) in [5, 5.41) is 82.6. The molecule has 9 amide bonds. The lowest BCUT2D eigenvalue weighted by molar-refractivity contribution is -0.143. The van der Waals surface area contributed by atoms with E-state index in [1.54, 1.807) is 41.5 Å². The van der Waals surface area contributed by atoms with Crippen LogP contribution < -0.4 is 59.3 Å². The molecule has 14 atom stereocenters. The number of carbonyl (C=O) groups excluding carboxylic acids is 9. The van der Waals surface area contributed by atoms with Gasteiger partial charge in [-0.25, -0.2) is 4.79 Å². The fourth-order valence-electron chi connectivity index (χ4n) is 7.87. The molecule has 0 fully saturated rings. The molecule has 1 aromatic carbocycles. The van der Waals surface area contributed by atoms with Crippen LogP contribution in [0.15, 0.2) is 24.3 Å². The molecule has 0 spiro atoms. The largest absolute Gasteiger partial charge is 0.508 e. The number of carboxylic acids is 1. The molecule has 0 aliphatic rings. The highest BCUT2D eigenvalue weighted by atomic mass is 16.4. The van der Waals surface area contributed by atoms with Gasteiger partial charge in [0.25, 0.3) is 0 Å². The molecule has 0 aliphatic heterocycles. The molecule has 27 nitrogen and oxygen atoms in total. The molecule has 1 rings (SSSR count). The van der Waals surface area contributed by atoms with E-state index >= 15 is 0 Å². The Labute approximate surface area is 461 Å². The van der Waals surface area contributed by atoms with Crippen molar-refractivity contribution in [2.45, 2.75) is 187 Å². The number of aliphatic hydroxyl groups is 4. The lowest BCUT2D eigenvalue weighted by atomic mass is 9.94. The zero-order valence-electron chi connectivity index (χ0n) is 47.0. The van der Waals surface area contributed by atoms with Crippen LogP contribution in [0.25, 0.3) is 0 Å². The van der Waals surface area contributed by atoms with Crippen molar-refractivity contribution in [3.05, 3.63) is 29.8 Å². The Morgan fingerprint density at radius 1 is 0.494 bits per heavy atom. The lowest BCUT2D eigenvalue weighted by Gasteiger charge is -2.31. The zero-order valence-corrected chi connectivity index (χ0v) is 47.0. The van der Waals surface area contributed by atoms with Gasteiger partial charge in [0.2, 0.25) is 53.2 Å². The van der Waals surface area contributed by atoms with Crippen LogP contribution in [0.1, 0.15) is 113 Å². The maximum atomic E-state index is 14.3. The first-order valence-corrected chi connectivity index (χ1v) is 26.8. The summed E-state index contributed by atoms with van der Waals surface area (Å²) < 4.78 is 0. The van der Waals surface area contributed by atoms with Gasteiger partial charge in [-0.1, -0.05) is 80.4 Å². The Bertz CT molecular complexity index is 2170. The second-order valence-corrected chi connectivity index (χ2v) is 20.8. The van der Waals surface area contributed by atoms with Crippen LogP contribution in [-0.2, 0) is 54.4 Å². The summed E-state index contributed by atoms with van der Waals surface area (Å²) in [5.41, 5.74) is 11.6. The average molecular weight is 1120 g/mol. The standard InChI is InChI=1S/C52H89N11O16/c1-11-27(7)39(48(74)56-35(21-25(3)4)45(71)59-38(26(5)6)52(78)79)61-49(75)40(28(8)12-2)60-44(70)34(15-13-14-20-53)55-47(73)37(24-65)58-51(77)42(30(10)67)63-46(72)36(22-31-16-18-32(68)19-17-31)57-50(76)41(29(9)66)62-43(69)33(54)23-64/h16-19,25-30,33-42,64-68H,11-15,20-24,53-54H2,1-10H3,(H,55,73)(H,56,74)(H,57,76)(H,58,77)(H,59,71)(H,60,70)(H,61,75)(H,62,69)(H,63,72)(H,78,79)/t27-,28-,29+,30+,33-,34-,35-,36-,37-,38-,39-,40-,41-,42-/m0/s1. The van der Waals surface area contributed by atoms with E-state index in [9.17, 15) is 78.6 Å². The third-order valence-electron chi connectivity index (χ3n) is 13.2. The smallest absolute Gasteiger partial charge is 0.326 e. The van der Waals surface area contributed by atoms with Crippen LogP contribution in [0.3, 0.4) is 0 Å². The van der Waals surface area contributed by atoms with Gasteiger partial charge in [-0.05, 0) is 87.4 Å². The molecule has 0 heterocycles. The van der Waals surface area contributed by atoms with Gasteiger partial charge in [0.1, 0.15) is 66.2 Å². The van der Waals surface area contributed by atoms with Gasteiger partial charge < -0.3 is 90.0 Å². The van der Waals surface area contributed by atoms with Gasteiger partial charge in [0.15, 0.2) is 0 Å². The Balaban J connectivity index is 3.49. The number of unbranched alkanes of at least 4 members (excludes halogenated alkanes) is 1. The van der Waals surface area contributed by atoms with Crippen molar-refractivity contribution in [3.63, 3.8) is 0 Å². The first kappa shape index (κ1) is 70.5. The van der Waals surface area contributed by atoms with Crippen molar-refractivity contribution >= 4 is 59.1 Å². The van der Waals surface area contributed by atoms with Crippen molar-refractivity contribution in [2.24, 2.45) is 35.1 Å². The summed E-state index contributed by atoms with van der Waals surface area (Å²) >= 11 is 0. The molecule has 79 heavy (non-hydrogen) atoms. The van der Waals surface area contributed by atoms with E-state index in [1.165, 1.54) is 24.3 Å². The zero-order chi connectivity index (χ0) is 60.4. The van der Waals surface area contributed by atoms with Gasteiger partial charge in [0, 0.05) is 6.42 Å². The number of carbonyl (C=O) groups is 10. The number of hydrogen-bond donors (Lipinski definition) is 17. The Morgan fingerprint density at radius 3 is 1.33 bits per heavy atom. The topological polar surface area (TPSA) is 452 Å². The van der Waals surface area contributed by atoms with E-state index in [-0.39, 0.29) is 43.9 Å². The number of hydrogen-bond acceptors (Lipinski definition) is 17. The first-order chi connectivity index (χ1) is 37.0. The van der Waals surface area contributed by atoms with Crippen molar-refractivity contribution in [1.29, 1.82) is 0 Å². The first-order valence-electron chi connectivity index (χ1n) is 26.8. The van der Waals surface area contributed by atoms with Crippen LogP contribution in [-0.4, -0.2) is 182 Å². The van der Waals surface area contributed by atoms with E-state index in [2.05, 4.69) is 47.9 Å². The second-order valence-electron chi connectivity index (χ2n) is 20.8. The molecule has 0 aliphatic carbocycles. The maximum absolute atomic E-state index is 14.3. The minimum Gasteiger partial charge on any atom is -0.508 e. The van der Waals surface area contributed by atoms with Crippen molar-refractivity contribution in [3.8, 4) is 5.75 Å². The summed E-state index contributed by atoms with van der Waals surface area (Å²) in [7, 11) is 0. The molecule has 27 heteroatoms. The highest BCUT2D eigenvalue weighted by Gasteiger charge is 2.39. The summed E-state index contributed by atoms with van der Waals surface area (Å²) in [6, 6.07) is -9.45. The van der Waals surface area contributed by atoms with Crippen LogP contribution in [0, 0.1) is 23.7 Å². The Morgan fingerprint density at radius 2 is 0.886 bits per heavy atom. The van der Waals surface area contributed by atoms with Crippen molar-refractivity contribution in [1.82, 2.24) is 47.9 Å². The molecule has 0 saturated heterocycles. The van der Waals surface area contributed by atoms with Gasteiger partial charge >= 0.3 is 5.97 Å². The number of amides is 9. The van der Waals surface area contributed by atoms with E-state index < -0.39 is 163 Å². The number of carboxylic acid groups (broad SMARTS) is 1. The number of benzene rings is 1. The molecular formula is C52H89N11O16. The number of aliphatic hydroxyl groups excluding tert-OH is 4. The van der Waals surface area contributed by atoms with E-state index in [0.717, 1.165) is 13.8 Å². The molecule has 0 saturated carbocycles.